The standard InChI is InChI=1S/C15H27N3O/c1-13-5-2-8-17(11-13)15(19)18-10-4-9-16-7-3-6-14(16)12-18/h13-14H,2-12H2,1H3. The first-order valence-corrected chi connectivity index (χ1v) is 8.02. The first-order valence-electron chi connectivity index (χ1n) is 8.02. The van der Waals surface area contributed by atoms with E-state index >= 15 is 0 Å². The Kier molecular flexibility index (Phi) is 3.96. The van der Waals surface area contributed by atoms with Crippen LogP contribution in [0.4, 0.5) is 4.79 Å². The first-order chi connectivity index (χ1) is 9.24. The Hall–Kier alpha value is -0.770. The SMILES string of the molecule is CC1CCCN(C(=O)N2CCCN3CCCC3C2)C1. The maximum atomic E-state index is 12.7. The third kappa shape index (κ3) is 2.88. The molecule has 3 aliphatic rings. The van der Waals surface area contributed by atoms with Gasteiger partial charge in [-0.25, -0.2) is 4.79 Å². The Balaban J connectivity index is 1.62. The second-order valence-electron chi connectivity index (χ2n) is 6.61. The molecule has 0 radical (unpaired) electrons. The van der Waals surface area contributed by atoms with E-state index in [2.05, 4.69) is 21.6 Å². The summed E-state index contributed by atoms with van der Waals surface area (Å²) < 4.78 is 0. The van der Waals surface area contributed by atoms with Crippen molar-refractivity contribution in [1.29, 1.82) is 0 Å². The molecule has 0 spiro atoms. The van der Waals surface area contributed by atoms with Gasteiger partial charge in [-0.3, -0.25) is 4.90 Å². The van der Waals surface area contributed by atoms with E-state index in [9.17, 15) is 4.79 Å². The summed E-state index contributed by atoms with van der Waals surface area (Å²) >= 11 is 0. The number of piperidine rings is 1. The van der Waals surface area contributed by atoms with E-state index in [0.29, 0.717) is 18.0 Å². The number of carbonyl (C=O) groups excluding carboxylic acids is 1. The normalized spacial score (nSPS) is 33.1. The predicted octanol–water partition coefficient (Wildman–Crippen LogP) is 2.01. The number of urea groups is 1. The van der Waals surface area contributed by atoms with Crippen LogP contribution in [0.3, 0.4) is 0 Å². The van der Waals surface area contributed by atoms with Gasteiger partial charge in [0.25, 0.3) is 0 Å². The van der Waals surface area contributed by atoms with Gasteiger partial charge in [0.05, 0.1) is 0 Å². The molecule has 19 heavy (non-hydrogen) atoms. The van der Waals surface area contributed by atoms with Crippen molar-refractivity contribution in [3.63, 3.8) is 0 Å². The molecule has 0 N–H and O–H groups in total. The fourth-order valence-electron chi connectivity index (χ4n) is 3.94. The highest BCUT2D eigenvalue weighted by Gasteiger charge is 2.32. The van der Waals surface area contributed by atoms with Crippen molar-refractivity contribution in [2.45, 2.75) is 45.1 Å². The molecule has 3 rings (SSSR count). The van der Waals surface area contributed by atoms with Crippen LogP contribution < -0.4 is 0 Å². The van der Waals surface area contributed by atoms with Gasteiger partial charge in [-0.2, -0.15) is 0 Å². The fraction of sp³-hybridized carbons (Fsp3) is 0.933. The summed E-state index contributed by atoms with van der Waals surface area (Å²) in [4.78, 5) is 19.5. The lowest BCUT2D eigenvalue weighted by atomic mass is 10.0. The van der Waals surface area contributed by atoms with Crippen LogP contribution in [0.1, 0.15) is 39.0 Å². The Bertz CT molecular complexity index is 333. The highest BCUT2D eigenvalue weighted by atomic mass is 16.2. The van der Waals surface area contributed by atoms with Crippen molar-refractivity contribution in [2.75, 3.05) is 39.3 Å². The minimum absolute atomic E-state index is 0.306. The summed E-state index contributed by atoms with van der Waals surface area (Å²) in [5.41, 5.74) is 0. The monoisotopic (exact) mass is 265 g/mol. The zero-order valence-corrected chi connectivity index (χ0v) is 12.2. The van der Waals surface area contributed by atoms with Crippen molar-refractivity contribution in [2.24, 2.45) is 5.92 Å². The van der Waals surface area contributed by atoms with Crippen LogP contribution in [0, 0.1) is 5.92 Å². The summed E-state index contributed by atoms with van der Waals surface area (Å²) in [6, 6.07) is 0.939. The molecule has 0 aromatic carbocycles. The molecule has 108 valence electrons. The molecule has 0 saturated carbocycles. The minimum atomic E-state index is 0.306. The van der Waals surface area contributed by atoms with Crippen LogP contribution in [-0.2, 0) is 0 Å². The highest BCUT2D eigenvalue weighted by Crippen LogP contribution is 2.23. The maximum Gasteiger partial charge on any atom is 0.320 e. The third-order valence-electron chi connectivity index (χ3n) is 5.00. The van der Waals surface area contributed by atoms with E-state index in [1.54, 1.807) is 0 Å². The van der Waals surface area contributed by atoms with Gasteiger partial charge in [-0.1, -0.05) is 6.92 Å². The van der Waals surface area contributed by atoms with Gasteiger partial charge in [0.1, 0.15) is 0 Å². The second-order valence-corrected chi connectivity index (χ2v) is 6.61. The molecule has 2 amide bonds. The van der Waals surface area contributed by atoms with Gasteiger partial charge in [0.15, 0.2) is 0 Å². The van der Waals surface area contributed by atoms with Crippen LogP contribution in [0.25, 0.3) is 0 Å². The van der Waals surface area contributed by atoms with Crippen LogP contribution in [0.15, 0.2) is 0 Å². The van der Waals surface area contributed by atoms with Crippen molar-refractivity contribution in [1.82, 2.24) is 14.7 Å². The number of nitrogens with zero attached hydrogens (tertiary/aromatic N) is 3. The summed E-state index contributed by atoms with van der Waals surface area (Å²) in [5, 5.41) is 0. The Morgan fingerprint density at radius 2 is 1.58 bits per heavy atom. The Morgan fingerprint density at radius 1 is 0.895 bits per heavy atom. The van der Waals surface area contributed by atoms with E-state index in [-0.39, 0.29) is 0 Å². The molecule has 2 atom stereocenters. The summed E-state index contributed by atoms with van der Waals surface area (Å²) in [7, 11) is 0. The molecule has 0 aromatic rings. The molecule has 0 bridgehead atoms. The molecule has 3 heterocycles. The number of likely N-dealkylation sites (tertiary alicyclic amines) is 1. The van der Waals surface area contributed by atoms with Gasteiger partial charge >= 0.3 is 6.03 Å². The average molecular weight is 265 g/mol. The van der Waals surface area contributed by atoms with Gasteiger partial charge in [0, 0.05) is 38.8 Å². The lowest BCUT2D eigenvalue weighted by Crippen LogP contribution is -2.49. The molecule has 2 unspecified atom stereocenters. The molecule has 3 fully saturated rings. The van der Waals surface area contributed by atoms with Gasteiger partial charge in [-0.15, -0.1) is 0 Å². The van der Waals surface area contributed by atoms with Gasteiger partial charge < -0.3 is 9.80 Å². The topological polar surface area (TPSA) is 26.8 Å². The number of fused-ring (bicyclic) bond motifs is 1. The average Bonchev–Trinajstić information content (AvgIpc) is 2.75. The van der Waals surface area contributed by atoms with Crippen LogP contribution >= 0.6 is 0 Å². The Labute approximate surface area is 116 Å². The number of hydrogen-bond donors (Lipinski definition) is 0. The molecule has 4 nitrogen and oxygen atoms in total. The van der Waals surface area contributed by atoms with E-state index in [1.165, 1.54) is 38.8 Å². The minimum Gasteiger partial charge on any atom is -0.324 e. The number of rotatable bonds is 0. The summed E-state index contributed by atoms with van der Waals surface area (Å²) in [6.45, 7) is 8.54. The van der Waals surface area contributed by atoms with Crippen molar-refractivity contribution in [3.8, 4) is 0 Å². The van der Waals surface area contributed by atoms with E-state index in [0.717, 1.165) is 32.6 Å². The maximum absolute atomic E-state index is 12.7. The highest BCUT2D eigenvalue weighted by molar-refractivity contribution is 5.74. The number of hydrogen-bond acceptors (Lipinski definition) is 2. The number of amides is 2. The van der Waals surface area contributed by atoms with Crippen LogP contribution in [-0.4, -0.2) is 66.0 Å². The molecule has 3 saturated heterocycles. The lowest BCUT2D eigenvalue weighted by Gasteiger charge is -2.36. The van der Waals surface area contributed by atoms with Crippen LogP contribution in [0.2, 0.25) is 0 Å². The smallest absolute Gasteiger partial charge is 0.320 e. The Morgan fingerprint density at radius 3 is 2.42 bits per heavy atom. The van der Waals surface area contributed by atoms with Crippen LogP contribution in [0.5, 0.6) is 0 Å². The molecule has 4 heteroatoms. The third-order valence-corrected chi connectivity index (χ3v) is 5.00. The summed E-state index contributed by atoms with van der Waals surface area (Å²) in [5.74, 6) is 0.674. The first kappa shape index (κ1) is 13.2. The van der Waals surface area contributed by atoms with E-state index < -0.39 is 0 Å². The molecule has 0 aromatic heterocycles. The molecular weight excluding hydrogens is 238 g/mol. The molecule has 0 aliphatic carbocycles. The quantitative estimate of drug-likeness (QED) is 0.670. The fourth-order valence-corrected chi connectivity index (χ4v) is 3.94. The summed E-state index contributed by atoms with van der Waals surface area (Å²) in [6.07, 6.45) is 6.19. The molecule has 3 aliphatic heterocycles. The molecular formula is C15H27N3O. The largest absolute Gasteiger partial charge is 0.324 e. The van der Waals surface area contributed by atoms with E-state index in [1.807, 2.05) is 0 Å². The number of carbonyl (C=O) groups is 1. The van der Waals surface area contributed by atoms with Crippen molar-refractivity contribution < 1.29 is 4.79 Å². The predicted molar refractivity (Wildman–Crippen MR) is 76.2 cm³/mol. The zero-order chi connectivity index (χ0) is 13.2. The van der Waals surface area contributed by atoms with Crippen molar-refractivity contribution in [3.05, 3.63) is 0 Å². The zero-order valence-electron chi connectivity index (χ0n) is 12.2. The van der Waals surface area contributed by atoms with E-state index in [4.69, 9.17) is 0 Å². The second kappa shape index (κ2) is 5.70. The lowest BCUT2D eigenvalue weighted by molar-refractivity contribution is 0.127. The van der Waals surface area contributed by atoms with Crippen molar-refractivity contribution >= 4 is 6.03 Å². The van der Waals surface area contributed by atoms with Gasteiger partial charge in [-0.05, 0) is 44.6 Å². The van der Waals surface area contributed by atoms with Gasteiger partial charge in [0.2, 0.25) is 0 Å².